The van der Waals surface area contributed by atoms with E-state index in [-0.39, 0.29) is 41.7 Å². The van der Waals surface area contributed by atoms with Crippen LogP contribution >= 0.6 is 12.2 Å². The number of rotatable bonds is 5. The molecule has 1 aromatic heterocycles. The number of carbonyl (C=O) groups is 1. The molecule has 1 aromatic carbocycles. The fraction of sp³-hybridized carbons (Fsp3) is 0.211. The summed E-state index contributed by atoms with van der Waals surface area (Å²) in [6.45, 7) is -0.245. The molecule has 0 aliphatic carbocycles. The van der Waals surface area contributed by atoms with Gasteiger partial charge in [-0.1, -0.05) is 30.4 Å². The van der Waals surface area contributed by atoms with Crippen molar-refractivity contribution in [3.8, 4) is 0 Å². The molecule has 0 unspecified atom stereocenters. The lowest BCUT2D eigenvalue weighted by atomic mass is 10.1. The monoisotopic (exact) mass is 407 g/mol. The molecule has 1 aliphatic rings. The third kappa shape index (κ3) is 4.73. The van der Waals surface area contributed by atoms with E-state index in [1.165, 1.54) is 12.3 Å². The summed E-state index contributed by atoms with van der Waals surface area (Å²) in [5.41, 5.74) is 0.432. The third-order valence-electron chi connectivity index (χ3n) is 4.03. The number of ether oxygens (including phenoxy) is 1. The highest BCUT2D eigenvalue weighted by Crippen LogP contribution is 2.31. The molecular weight excluding hydrogens is 391 g/mol. The number of alkyl halides is 3. The van der Waals surface area contributed by atoms with Crippen molar-refractivity contribution in [2.75, 3.05) is 18.5 Å². The first-order valence-corrected chi connectivity index (χ1v) is 8.71. The molecule has 0 amide bonds. The van der Waals surface area contributed by atoms with E-state index in [0.29, 0.717) is 11.4 Å². The SMILES string of the molecule is O=C1COCC(NCc2ccncc2C(F)(F)F)=C1C(=S)Nc1ccccc1. The molecule has 146 valence electrons. The lowest BCUT2D eigenvalue weighted by Gasteiger charge is -2.23. The number of nitrogens with one attached hydrogen (secondary N) is 2. The van der Waals surface area contributed by atoms with Gasteiger partial charge >= 0.3 is 6.18 Å². The van der Waals surface area contributed by atoms with Gasteiger partial charge in [0.1, 0.15) is 11.6 Å². The number of aromatic nitrogens is 1. The first kappa shape index (κ1) is 20.0. The summed E-state index contributed by atoms with van der Waals surface area (Å²) < 4.78 is 44.6. The number of hydrogen-bond acceptors (Lipinski definition) is 5. The van der Waals surface area contributed by atoms with Crippen LogP contribution in [0.15, 0.2) is 60.1 Å². The molecule has 2 heterocycles. The maximum absolute atomic E-state index is 13.1. The maximum Gasteiger partial charge on any atom is 0.418 e. The Kier molecular flexibility index (Phi) is 6.05. The summed E-state index contributed by atoms with van der Waals surface area (Å²) in [5, 5.41) is 5.85. The molecule has 0 saturated heterocycles. The number of para-hydroxylation sites is 1. The molecule has 0 spiro atoms. The zero-order valence-electron chi connectivity index (χ0n) is 14.5. The summed E-state index contributed by atoms with van der Waals surface area (Å²) in [6, 6.07) is 10.3. The average molecular weight is 407 g/mol. The normalized spacial score (nSPS) is 14.8. The van der Waals surface area contributed by atoms with Crippen molar-refractivity contribution in [3.63, 3.8) is 0 Å². The summed E-state index contributed by atoms with van der Waals surface area (Å²) in [5.74, 6) is -0.340. The van der Waals surface area contributed by atoms with Gasteiger partial charge in [0.2, 0.25) is 0 Å². The van der Waals surface area contributed by atoms with Crippen molar-refractivity contribution < 1.29 is 22.7 Å². The van der Waals surface area contributed by atoms with Crippen molar-refractivity contribution in [2.45, 2.75) is 12.7 Å². The van der Waals surface area contributed by atoms with E-state index in [4.69, 9.17) is 17.0 Å². The number of thiocarbonyl (C=S) groups is 1. The first-order valence-electron chi connectivity index (χ1n) is 8.30. The standard InChI is InChI=1S/C19H16F3N3O2S/c20-19(21,22)14-9-23-7-6-12(14)8-24-15-10-27-11-16(26)17(15)18(28)25-13-4-2-1-3-5-13/h1-7,9,24H,8,10-11H2,(H,25,28). The van der Waals surface area contributed by atoms with Crippen molar-refractivity contribution in [1.29, 1.82) is 0 Å². The largest absolute Gasteiger partial charge is 0.418 e. The molecule has 5 nitrogen and oxygen atoms in total. The molecule has 0 radical (unpaired) electrons. The number of nitrogens with zero attached hydrogens (tertiary/aromatic N) is 1. The second kappa shape index (κ2) is 8.49. The van der Waals surface area contributed by atoms with Gasteiger partial charge in [-0.05, 0) is 23.8 Å². The topological polar surface area (TPSA) is 63.2 Å². The predicted molar refractivity (Wildman–Crippen MR) is 102 cm³/mol. The molecule has 28 heavy (non-hydrogen) atoms. The van der Waals surface area contributed by atoms with Crippen LogP contribution in [-0.2, 0) is 22.3 Å². The Hall–Kier alpha value is -2.78. The number of benzene rings is 1. The molecule has 0 saturated carbocycles. The van der Waals surface area contributed by atoms with E-state index < -0.39 is 11.7 Å². The molecule has 2 N–H and O–H groups in total. The van der Waals surface area contributed by atoms with E-state index in [1.807, 2.05) is 18.2 Å². The van der Waals surface area contributed by atoms with Crippen LogP contribution in [0.3, 0.4) is 0 Å². The number of anilines is 1. The van der Waals surface area contributed by atoms with E-state index in [9.17, 15) is 18.0 Å². The minimum absolute atomic E-state index is 0.00862. The van der Waals surface area contributed by atoms with Crippen LogP contribution < -0.4 is 10.6 Å². The predicted octanol–water partition coefficient (Wildman–Crippen LogP) is 3.48. The van der Waals surface area contributed by atoms with Crippen LogP contribution in [0.1, 0.15) is 11.1 Å². The Morgan fingerprint density at radius 1 is 1.18 bits per heavy atom. The summed E-state index contributed by atoms with van der Waals surface area (Å²) in [4.78, 5) is 16.1. The zero-order valence-corrected chi connectivity index (χ0v) is 15.4. The highest BCUT2D eigenvalue weighted by atomic mass is 32.1. The van der Waals surface area contributed by atoms with Crippen LogP contribution in [0, 0.1) is 0 Å². The van der Waals surface area contributed by atoms with Gasteiger partial charge in [-0.2, -0.15) is 13.2 Å². The Labute approximate surface area is 164 Å². The molecule has 0 fully saturated rings. The molecule has 0 bridgehead atoms. The summed E-state index contributed by atoms with van der Waals surface area (Å²) >= 11 is 5.35. The lowest BCUT2D eigenvalue weighted by Crippen LogP contribution is -2.34. The third-order valence-corrected chi connectivity index (χ3v) is 4.33. The van der Waals surface area contributed by atoms with Crippen LogP contribution in [-0.4, -0.2) is 29.0 Å². The second-order valence-corrected chi connectivity index (χ2v) is 6.38. The summed E-state index contributed by atoms with van der Waals surface area (Å²) in [7, 11) is 0. The Morgan fingerprint density at radius 3 is 2.64 bits per heavy atom. The minimum atomic E-state index is -4.52. The van der Waals surface area contributed by atoms with Gasteiger partial charge < -0.3 is 15.4 Å². The number of Topliss-reactive ketones (excluding diaryl/α,β-unsaturated/α-hetero) is 1. The average Bonchev–Trinajstić information content (AvgIpc) is 2.66. The van der Waals surface area contributed by atoms with Gasteiger partial charge in [-0.15, -0.1) is 0 Å². The lowest BCUT2D eigenvalue weighted by molar-refractivity contribution is -0.138. The van der Waals surface area contributed by atoms with Gasteiger partial charge in [0.25, 0.3) is 0 Å². The quantitative estimate of drug-likeness (QED) is 0.740. The number of carbonyl (C=O) groups excluding carboxylic acids is 1. The first-order chi connectivity index (χ1) is 13.4. The minimum Gasteiger partial charge on any atom is -0.382 e. The molecule has 9 heteroatoms. The van der Waals surface area contributed by atoms with E-state index in [2.05, 4.69) is 15.6 Å². The van der Waals surface area contributed by atoms with Gasteiger partial charge in [0, 0.05) is 24.6 Å². The van der Waals surface area contributed by atoms with Crippen molar-refractivity contribution in [1.82, 2.24) is 10.3 Å². The van der Waals surface area contributed by atoms with Crippen molar-refractivity contribution in [2.24, 2.45) is 0 Å². The fourth-order valence-electron chi connectivity index (χ4n) is 2.71. The van der Waals surface area contributed by atoms with Gasteiger partial charge in [0.15, 0.2) is 5.78 Å². The van der Waals surface area contributed by atoms with Gasteiger partial charge in [-0.25, -0.2) is 0 Å². The summed E-state index contributed by atoms with van der Waals surface area (Å²) in [6.07, 6.45) is -2.46. The highest BCUT2D eigenvalue weighted by molar-refractivity contribution is 7.81. The van der Waals surface area contributed by atoms with Crippen molar-refractivity contribution in [3.05, 3.63) is 71.2 Å². The van der Waals surface area contributed by atoms with Gasteiger partial charge in [-0.3, -0.25) is 9.78 Å². The maximum atomic E-state index is 13.1. The number of hydrogen-bond donors (Lipinski definition) is 2. The Bertz CT molecular complexity index is 914. The van der Waals surface area contributed by atoms with Crippen LogP contribution in [0.4, 0.5) is 18.9 Å². The number of ketones is 1. The van der Waals surface area contributed by atoms with Crippen LogP contribution in [0.25, 0.3) is 0 Å². The van der Waals surface area contributed by atoms with Crippen LogP contribution in [0.2, 0.25) is 0 Å². The van der Waals surface area contributed by atoms with E-state index >= 15 is 0 Å². The second-order valence-electron chi connectivity index (χ2n) is 5.97. The van der Waals surface area contributed by atoms with Crippen LogP contribution in [0.5, 0.6) is 0 Å². The Balaban J connectivity index is 1.83. The molecule has 2 aromatic rings. The highest BCUT2D eigenvalue weighted by Gasteiger charge is 2.33. The fourth-order valence-corrected chi connectivity index (χ4v) is 3.07. The molecular formula is C19H16F3N3O2S. The Morgan fingerprint density at radius 2 is 1.93 bits per heavy atom. The van der Waals surface area contributed by atoms with E-state index in [1.54, 1.807) is 12.1 Å². The molecule has 0 atom stereocenters. The molecule has 1 aliphatic heterocycles. The zero-order chi connectivity index (χ0) is 20.1. The number of pyridine rings is 1. The smallest absolute Gasteiger partial charge is 0.382 e. The number of halogens is 3. The van der Waals surface area contributed by atoms with E-state index in [0.717, 1.165) is 6.20 Å². The van der Waals surface area contributed by atoms with Gasteiger partial charge in [0.05, 0.1) is 23.4 Å². The molecule has 3 rings (SSSR count). The van der Waals surface area contributed by atoms with Crippen molar-refractivity contribution >= 4 is 28.7 Å².